The van der Waals surface area contributed by atoms with E-state index in [1.54, 1.807) is 7.11 Å². The number of hydrogen-bond acceptors (Lipinski definition) is 3. The maximum atomic E-state index is 9.65. The molecule has 1 rings (SSSR count). The van der Waals surface area contributed by atoms with E-state index >= 15 is 0 Å². The molecular weight excluding hydrogens is 240 g/mol. The van der Waals surface area contributed by atoms with E-state index in [0.29, 0.717) is 0 Å². The number of rotatable bonds is 6. The maximum absolute atomic E-state index is 9.65. The molecule has 0 heterocycles. The summed E-state index contributed by atoms with van der Waals surface area (Å²) in [5.41, 5.74) is 2.50. The van der Waals surface area contributed by atoms with E-state index < -0.39 is 6.10 Å². The Morgan fingerprint density at radius 2 is 1.89 bits per heavy atom. The SMILES string of the molecule is CCc1ccc(OCC(O)COC)c(C(C)(C)C)c1. The van der Waals surface area contributed by atoms with Crippen molar-refractivity contribution in [2.45, 2.75) is 45.6 Å². The van der Waals surface area contributed by atoms with Gasteiger partial charge in [0.1, 0.15) is 18.5 Å². The van der Waals surface area contributed by atoms with Gasteiger partial charge in [-0.1, -0.05) is 39.8 Å². The van der Waals surface area contributed by atoms with Crippen molar-refractivity contribution in [1.29, 1.82) is 0 Å². The maximum Gasteiger partial charge on any atom is 0.123 e. The van der Waals surface area contributed by atoms with Crippen LogP contribution in [0.3, 0.4) is 0 Å². The van der Waals surface area contributed by atoms with E-state index in [4.69, 9.17) is 9.47 Å². The molecule has 3 heteroatoms. The van der Waals surface area contributed by atoms with Gasteiger partial charge in [0.2, 0.25) is 0 Å². The first-order valence-electron chi connectivity index (χ1n) is 6.81. The lowest BCUT2D eigenvalue weighted by Crippen LogP contribution is -2.24. The minimum Gasteiger partial charge on any atom is -0.490 e. The highest BCUT2D eigenvalue weighted by Gasteiger charge is 2.20. The van der Waals surface area contributed by atoms with Gasteiger partial charge >= 0.3 is 0 Å². The summed E-state index contributed by atoms with van der Waals surface area (Å²) in [6, 6.07) is 6.27. The molecule has 1 N–H and O–H groups in total. The van der Waals surface area contributed by atoms with Crippen molar-refractivity contribution in [3.05, 3.63) is 29.3 Å². The van der Waals surface area contributed by atoms with Gasteiger partial charge in [0.05, 0.1) is 6.61 Å². The first kappa shape index (κ1) is 16.0. The normalized spacial score (nSPS) is 13.4. The number of aliphatic hydroxyl groups is 1. The summed E-state index contributed by atoms with van der Waals surface area (Å²) in [6.45, 7) is 9.19. The van der Waals surface area contributed by atoms with Crippen molar-refractivity contribution < 1.29 is 14.6 Å². The largest absolute Gasteiger partial charge is 0.490 e. The minimum atomic E-state index is -0.594. The second-order valence-corrected chi connectivity index (χ2v) is 5.85. The van der Waals surface area contributed by atoms with Crippen LogP contribution in [0, 0.1) is 0 Å². The van der Waals surface area contributed by atoms with Gasteiger partial charge in [0, 0.05) is 7.11 Å². The molecule has 0 bridgehead atoms. The summed E-state index contributed by atoms with van der Waals surface area (Å²) in [5.74, 6) is 0.847. The summed E-state index contributed by atoms with van der Waals surface area (Å²) in [6.07, 6.45) is 0.416. The van der Waals surface area contributed by atoms with Crippen molar-refractivity contribution >= 4 is 0 Å². The molecule has 0 aromatic heterocycles. The fourth-order valence-electron chi connectivity index (χ4n) is 1.94. The number of methoxy groups -OCH3 is 1. The predicted molar refractivity (Wildman–Crippen MR) is 77.9 cm³/mol. The van der Waals surface area contributed by atoms with Crippen LogP contribution in [0.25, 0.3) is 0 Å². The van der Waals surface area contributed by atoms with Crippen molar-refractivity contribution in [2.75, 3.05) is 20.3 Å². The van der Waals surface area contributed by atoms with E-state index in [2.05, 4.69) is 39.8 Å². The molecule has 0 saturated heterocycles. The Morgan fingerprint density at radius 1 is 1.21 bits per heavy atom. The molecule has 0 fully saturated rings. The molecular formula is C16H26O3. The summed E-state index contributed by atoms with van der Waals surface area (Å²) in [5, 5.41) is 9.65. The van der Waals surface area contributed by atoms with Crippen molar-refractivity contribution in [2.24, 2.45) is 0 Å². The van der Waals surface area contributed by atoms with Gasteiger partial charge in [-0.15, -0.1) is 0 Å². The molecule has 19 heavy (non-hydrogen) atoms. The average Bonchev–Trinajstić information content (AvgIpc) is 2.35. The van der Waals surface area contributed by atoms with Crippen LogP contribution in [0.4, 0.5) is 0 Å². The van der Waals surface area contributed by atoms with Crippen LogP contribution in [-0.4, -0.2) is 31.5 Å². The van der Waals surface area contributed by atoms with Crippen LogP contribution in [-0.2, 0) is 16.6 Å². The number of aliphatic hydroxyl groups excluding tert-OH is 1. The molecule has 1 aromatic carbocycles. The van der Waals surface area contributed by atoms with E-state index in [1.165, 1.54) is 11.1 Å². The van der Waals surface area contributed by atoms with E-state index in [0.717, 1.165) is 12.2 Å². The fourth-order valence-corrected chi connectivity index (χ4v) is 1.94. The molecule has 0 aliphatic heterocycles. The van der Waals surface area contributed by atoms with Gasteiger partial charge in [-0.3, -0.25) is 0 Å². The van der Waals surface area contributed by atoms with Crippen molar-refractivity contribution in [3.8, 4) is 5.75 Å². The van der Waals surface area contributed by atoms with Gasteiger partial charge < -0.3 is 14.6 Å². The second-order valence-electron chi connectivity index (χ2n) is 5.85. The molecule has 1 unspecified atom stereocenters. The van der Waals surface area contributed by atoms with Crippen LogP contribution in [0.15, 0.2) is 18.2 Å². The van der Waals surface area contributed by atoms with E-state index in [9.17, 15) is 5.11 Å². The van der Waals surface area contributed by atoms with Crippen LogP contribution in [0.1, 0.15) is 38.8 Å². The molecule has 0 spiro atoms. The molecule has 3 nitrogen and oxygen atoms in total. The first-order chi connectivity index (χ1) is 8.88. The third-order valence-corrected chi connectivity index (χ3v) is 3.05. The Labute approximate surface area is 116 Å². The summed E-state index contributed by atoms with van der Waals surface area (Å²) in [7, 11) is 1.57. The van der Waals surface area contributed by atoms with Gasteiger partial charge in [0.25, 0.3) is 0 Å². The molecule has 0 saturated carbocycles. The monoisotopic (exact) mass is 266 g/mol. The standard InChI is InChI=1S/C16H26O3/c1-6-12-7-8-15(14(9-12)16(2,3)4)19-11-13(17)10-18-5/h7-9,13,17H,6,10-11H2,1-5H3. The lowest BCUT2D eigenvalue weighted by molar-refractivity contribution is 0.0321. The lowest BCUT2D eigenvalue weighted by Gasteiger charge is -2.24. The third kappa shape index (κ3) is 4.84. The van der Waals surface area contributed by atoms with Crippen molar-refractivity contribution in [1.82, 2.24) is 0 Å². The molecule has 1 aromatic rings. The van der Waals surface area contributed by atoms with Crippen LogP contribution in [0.5, 0.6) is 5.75 Å². The highest BCUT2D eigenvalue weighted by molar-refractivity contribution is 5.41. The average molecular weight is 266 g/mol. The van der Waals surface area contributed by atoms with E-state index in [1.807, 2.05) is 6.07 Å². The highest BCUT2D eigenvalue weighted by Crippen LogP contribution is 2.32. The van der Waals surface area contributed by atoms with Gasteiger partial charge in [0.15, 0.2) is 0 Å². The lowest BCUT2D eigenvalue weighted by atomic mass is 9.85. The second kappa shape index (κ2) is 6.92. The summed E-state index contributed by atoms with van der Waals surface area (Å²) >= 11 is 0. The third-order valence-electron chi connectivity index (χ3n) is 3.05. The predicted octanol–water partition coefficient (Wildman–Crippen LogP) is 2.93. The smallest absolute Gasteiger partial charge is 0.123 e. The van der Waals surface area contributed by atoms with Gasteiger partial charge in [-0.25, -0.2) is 0 Å². The van der Waals surface area contributed by atoms with Crippen molar-refractivity contribution in [3.63, 3.8) is 0 Å². The fraction of sp³-hybridized carbons (Fsp3) is 0.625. The molecule has 0 radical (unpaired) electrons. The number of hydrogen-bond donors (Lipinski definition) is 1. The summed E-state index contributed by atoms with van der Waals surface area (Å²) < 4.78 is 10.6. The Balaban J connectivity index is 2.87. The highest BCUT2D eigenvalue weighted by atomic mass is 16.5. The molecule has 108 valence electrons. The quantitative estimate of drug-likeness (QED) is 0.860. The van der Waals surface area contributed by atoms with E-state index in [-0.39, 0.29) is 18.6 Å². The zero-order valence-corrected chi connectivity index (χ0v) is 12.7. The van der Waals surface area contributed by atoms with Crippen LogP contribution >= 0.6 is 0 Å². The Hall–Kier alpha value is -1.06. The first-order valence-corrected chi connectivity index (χ1v) is 6.81. The topological polar surface area (TPSA) is 38.7 Å². The molecule has 0 aliphatic carbocycles. The minimum absolute atomic E-state index is 0.0206. The molecule has 0 aliphatic rings. The number of benzene rings is 1. The Morgan fingerprint density at radius 3 is 2.42 bits per heavy atom. The van der Waals surface area contributed by atoms with Crippen LogP contribution in [0.2, 0.25) is 0 Å². The van der Waals surface area contributed by atoms with Crippen LogP contribution < -0.4 is 4.74 Å². The van der Waals surface area contributed by atoms with Gasteiger partial charge in [-0.2, -0.15) is 0 Å². The Bertz CT molecular complexity index is 393. The molecule has 0 amide bonds. The van der Waals surface area contributed by atoms with Gasteiger partial charge in [-0.05, 0) is 29.0 Å². The number of ether oxygens (including phenoxy) is 2. The number of aryl methyl sites for hydroxylation is 1. The zero-order valence-electron chi connectivity index (χ0n) is 12.7. The Kier molecular flexibility index (Phi) is 5.83. The summed E-state index contributed by atoms with van der Waals surface area (Å²) in [4.78, 5) is 0. The molecule has 1 atom stereocenters. The zero-order chi connectivity index (χ0) is 14.5.